The van der Waals surface area contributed by atoms with E-state index in [1.165, 1.54) is 6.42 Å². The van der Waals surface area contributed by atoms with Gasteiger partial charge in [-0.25, -0.2) is 4.39 Å². The molecule has 3 unspecified atom stereocenters. The first-order valence-electron chi connectivity index (χ1n) is 8.07. The zero-order valence-electron chi connectivity index (χ0n) is 13.8. The average molecular weight is 292 g/mol. The maximum absolute atomic E-state index is 14.1. The van der Waals surface area contributed by atoms with Crippen LogP contribution in [0.1, 0.15) is 51.6 Å². The molecule has 118 valence electrons. The van der Waals surface area contributed by atoms with E-state index in [4.69, 9.17) is 5.73 Å². The number of hydrogen-bond donors (Lipinski definition) is 1. The molecule has 0 aliphatic heterocycles. The van der Waals surface area contributed by atoms with Crippen molar-refractivity contribution in [1.82, 2.24) is 4.90 Å². The summed E-state index contributed by atoms with van der Waals surface area (Å²) in [6.07, 6.45) is 3.47. The number of rotatable bonds is 4. The van der Waals surface area contributed by atoms with Crippen molar-refractivity contribution in [3.63, 3.8) is 0 Å². The summed E-state index contributed by atoms with van der Waals surface area (Å²) in [4.78, 5) is 2.32. The quantitative estimate of drug-likeness (QED) is 0.909. The van der Waals surface area contributed by atoms with Crippen LogP contribution in [0.2, 0.25) is 0 Å². The van der Waals surface area contributed by atoms with Crippen molar-refractivity contribution in [3.05, 3.63) is 35.6 Å². The number of hydrogen-bond acceptors (Lipinski definition) is 2. The fraction of sp³-hybridized carbons (Fsp3) is 0.667. The number of halogens is 1. The topological polar surface area (TPSA) is 29.3 Å². The predicted molar refractivity (Wildman–Crippen MR) is 86.5 cm³/mol. The minimum Gasteiger partial charge on any atom is -0.329 e. The Bertz CT molecular complexity index is 464. The lowest BCUT2D eigenvalue weighted by atomic mass is 9.70. The van der Waals surface area contributed by atoms with Crippen LogP contribution in [-0.4, -0.2) is 24.0 Å². The summed E-state index contributed by atoms with van der Waals surface area (Å²) in [6.45, 7) is 7.33. The second-order valence-electron chi connectivity index (χ2n) is 7.09. The first kappa shape index (κ1) is 16.4. The van der Waals surface area contributed by atoms with Gasteiger partial charge in [0.25, 0.3) is 0 Å². The van der Waals surface area contributed by atoms with E-state index in [1.807, 2.05) is 12.1 Å². The van der Waals surface area contributed by atoms with Gasteiger partial charge in [-0.2, -0.15) is 0 Å². The molecule has 0 saturated heterocycles. The maximum atomic E-state index is 14.1. The van der Waals surface area contributed by atoms with E-state index in [1.54, 1.807) is 12.1 Å². The summed E-state index contributed by atoms with van der Waals surface area (Å²) in [5.41, 5.74) is 6.93. The number of nitrogens with two attached hydrogens (primary N) is 1. The number of benzene rings is 1. The summed E-state index contributed by atoms with van der Waals surface area (Å²) >= 11 is 0. The summed E-state index contributed by atoms with van der Waals surface area (Å²) in [5.74, 6) is 1.22. The van der Waals surface area contributed by atoms with Crippen LogP contribution in [0.5, 0.6) is 0 Å². The highest BCUT2D eigenvalue weighted by Gasteiger charge is 2.42. The van der Waals surface area contributed by atoms with Crippen LogP contribution in [0, 0.1) is 17.7 Å². The Labute approximate surface area is 128 Å². The summed E-state index contributed by atoms with van der Waals surface area (Å²) < 4.78 is 14.1. The Morgan fingerprint density at radius 3 is 2.38 bits per heavy atom. The molecule has 0 amide bonds. The molecule has 2 rings (SSSR count). The summed E-state index contributed by atoms with van der Waals surface area (Å²) in [7, 11) is 2.11. The minimum absolute atomic E-state index is 0.0151. The van der Waals surface area contributed by atoms with Gasteiger partial charge in [-0.05, 0) is 51.1 Å². The molecule has 0 radical (unpaired) electrons. The summed E-state index contributed by atoms with van der Waals surface area (Å²) in [6, 6.07) is 7.11. The zero-order chi connectivity index (χ0) is 15.6. The van der Waals surface area contributed by atoms with E-state index in [9.17, 15) is 4.39 Å². The second kappa shape index (κ2) is 6.45. The van der Waals surface area contributed by atoms with Crippen molar-refractivity contribution < 1.29 is 4.39 Å². The highest BCUT2D eigenvalue weighted by atomic mass is 19.1. The van der Waals surface area contributed by atoms with Gasteiger partial charge in [0, 0.05) is 23.7 Å². The Morgan fingerprint density at radius 2 is 1.86 bits per heavy atom. The largest absolute Gasteiger partial charge is 0.329 e. The molecular weight excluding hydrogens is 263 g/mol. The minimum atomic E-state index is -0.124. The highest BCUT2D eigenvalue weighted by Crippen LogP contribution is 2.42. The molecule has 0 heterocycles. The molecular formula is C18H29FN2. The van der Waals surface area contributed by atoms with Gasteiger partial charge in [-0.15, -0.1) is 0 Å². The lowest BCUT2D eigenvalue weighted by molar-refractivity contribution is 0.0121. The van der Waals surface area contributed by atoms with Crippen molar-refractivity contribution in [3.8, 4) is 0 Å². The van der Waals surface area contributed by atoms with Gasteiger partial charge in [-0.1, -0.05) is 32.0 Å². The molecule has 0 spiro atoms. The van der Waals surface area contributed by atoms with Crippen molar-refractivity contribution in [1.29, 1.82) is 0 Å². The smallest absolute Gasteiger partial charge is 0.127 e. The molecule has 1 aromatic carbocycles. The number of nitrogens with zero attached hydrogens (tertiary/aromatic N) is 1. The van der Waals surface area contributed by atoms with Crippen LogP contribution >= 0.6 is 0 Å². The Morgan fingerprint density at radius 1 is 1.29 bits per heavy atom. The van der Waals surface area contributed by atoms with E-state index in [0.717, 1.165) is 18.4 Å². The maximum Gasteiger partial charge on any atom is 0.127 e. The lowest BCUT2D eigenvalue weighted by Gasteiger charge is -2.50. The zero-order valence-corrected chi connectivity index (χ0v) is 13.8. The van der Waals surface area contributed by atoms with Crippen molar-refractivity contribution >= 4 is 0 Å². The van der Waals surface area contributed by atoms with E-state index in [2.05, 4.69) is 32.7 Å². The van der Waals surface area contributed by atoms with E-state index >= 15 is 0 Å². The van der Waals surface area contributed by atoms with Gasteiger partial charge < -0.3 is 5.73 Å². The predicted octanol–water partition coefficient (Wildman–Crippen LogP) is 3.97. The van der Waals surface area contributed by atoms with Crippen molar-refractivity contribution in [2.45, 2.75) is 51.6 Å². The van der Waals surface area contributed by atoms with Gasteiger partial charge in [0.15, 0.2) is 0 Å². The highest BCUT2D eigenvalue weighted by molar-refractivity contribution is 5.21. The molecule has 21 heavy (non-hydrogen) atoms. The van der Waals surface area contributed by atoms with Gasteiger partial charge in [0.05, 0.1) is 0 Å². The Balaban J connectivity index is 2.27. The normalized spacial score (nSPS) is 31.4. The standard InChI is InChI=1S/C18H29FN2/c1-13-9-14(2)11-18(10-13,12-20)21(4)15(3)16-7-5-6-8-17(16)19/h5-8,13-15H,9-12,20H2,1-4H3. The van der Waals surface area contributed by atoms with Crippen LogP contribution in [0.4, 0.5) is 4.39 Å². The third kappa shape index (κ3) is 3.29. The third-order valence-electron chi connectivity index (χ3n) is 5.33. The molecule has 1 aliphatic rings. The molecule has 3 atom stereocenters. The molecule has 1 aliphatic carbocycles. The third-order valence-corrected chi connectivity index (χ3v) is 5.33. The molecule has 2 N–H and O–H groups in total. The van der Waals surface area contributed by atoms with Crippen LogP contribution in [0.3, 0.4) is 0 Å². The Kier molecular flexibility index (Phi) is 5.05. The van der Waals surface area contributed by atoms with Crippen LogP contribution in [0.15, 0.2) is 24.3 Å². The average Bonchev–Trinajstić information content (AvgIpc) is 2.45. The number of likely N-dealkylation sites (N-methyl/N-ethyl adjacent to an activating group) is 1. The molecule has 0 aromatic heterocycles. The molecule has 1 fully saturated rings. The summed E-state index contributed by atoms with van der Waals surface area (Å²) in [5, 5.41) is 0. The molecule has 3 heteroatoms. The molecule has 1 aromatic rings. The van der Waals surface area contributed by atoms with Gasteiger partial charge in [0.1, 0.15) is 5.82 Å². The lowest BCUT2D eigenvalue weighted by Crippen LogP contribution is -2.56. The van der Waals surface area contributed by atoms with Gasteiger partial charge in [-0.3, -0.25) is 4.90 Å². The second-order valence-corrected chi connectivity index (χ2v) is 7.09. The van der Waals surface area contributed by atoms with E-state index < -0.39 is 0 Å². The molecule has 1 saturated carbocycles. The van der Waals surface area contributed by atoms with Crippen LogP contribution < -0.4 is 5.73 Å². The molecule has 2 nitrogen and oxygen atoms in total. The van der Waals surface area contributed by atoms with Crippen molar-refractivity contribution in [2.75, 3.05) is 13.6 Å². The Hall–Kier alpha value is -0.930. The van der Waals surface area contributed by atoms with Crippen LogP contribution in [0.25, 0.3) is 0 Å². The van der Waals surface area contributed by atoms with E-state index in [0.29, 0.717) is 18.4 Å². The SMILES string of the molecule is CC1CC(C)CC(CN)(N(C)C(C)c2ccccc2F)C1. The first-order valence-corrected chi connectivity index (χ1v) is 8.07. The molecule has 0 bridgehead atoms. The fourth-order valence-corrected chi connectivity index (χ4v) is 4.27. The fourth-order valence-electron chi connectivity index (χ4n) is 4.27. The van der Waals surface area contributed by atoms with Crippen LogP contribution in [-0.2, 0) is 0 Å². The van der Waals surface area contributed by atoms with Gasteiger partial charge >= 0.3 is 0 Å². The van der Waals surface area contributed by atoms with Crippen molar-refractivity contribution in [2.24, 2.45) is 17.6 Å². The van der Waals surface area contributed by atoms with E-state index in [-0.39, 0.29) is 17.4 Å². The van der Waals surface area contributed by atoms with Gasteiger partial charge in [0.2, 0.25) is 0 Å². The first-order chi connectivity index (χ1) is 9.89. The monoisotopic (exact) mass is 292 g/mol.